The van der Waals surface area contributed by atoms with Crippen molar-refractivity contribution in [2.24, 2.45) is 5.73 Å². The van der Waals surface area contributed by atoms with Crippen LogP contribution in [0, 0.1) is 5.41 Å². The van der Waals surface area contributed by atoms with Crippen LogP contribution < -0.4 is 16.4 Å². The van der Waals surface area contributed by atoms with E-state index in [1.807, 2.05) is 0 Å². The van der Waals surface area contributed by atoms with Gasteiger partial charge in [-0.25, -0.2) is 4.79 Å². The number of methoxy groups -OCH3 is 1. The molecule has 0 bridgehead atoms. The number of rotatable bonds is 14. The fourth-order valence-electron chi connectivity index (χ4n) is 3.65. The zero-order valence-corrected chi connectivity index (χ0v) is 19.3. The Kier molecular flexibility index (Phi) is 12.2. The van der Waals surface area contributed by atoms with Crippen LogP contribution in [0.15, 0.2) is 11.8 Å². The second-order valence-corrected chi connectivity index (χ2v) is 7.80. The number of carboxylic acid groups (broad SMARTS) is 1. The van der Waals surface area contributed by atoms with Crippen LogP contribution in [0.1, 0.15) is 52.4 Å². The lowest BCUT2D eigenvalue weighted by Gasteiger charge is -2.41. The summed E-state index contributed by atoms with van der Waals surface area (Å²) in [6, 6.07) is -1.90. The number of aliphatic hydroxyl groups is 1. The minimum absolute atomic E-state index is 0.159. The van der Waals surface area contributed by atoms with Gasteiger partial charge in [-0.05, 0) is 12.5 Å². The fourth-order valence-corrected chi connectivity index (χ4v) is 3.65. The van der Waals surface area contributed by atoms with E-state index in [2.05, 4.69) is 17.6 Å². The third-order valence-corrected chi connectivity index (χ3v) is 5.15. The third-order valence-electron chi connectivity index (χ3n) is 5.15. The molecule has 0 aromatic heterocycles. The topological polar surface area (TPSA) is 193 Å². The number of aliphatic carboxylic acids is 1. The van der Waals surface area contributed by atoms with Crippen LogP contribution in [0.2, 0.25) is 0 Å². The Bertz CT molecular complexity index is 714. The van der Waals surface area contributed by atoms with Crippen LogP contribution in [0.4, 0.5) is 0 Å². The van der Waals surface area contributed by atoms with Gasteiger partial charge in [-0.1, -0.05) is 32.6 Å². The minimum atomic E-state index is -1.39. The Balaban J connectivity index is 3.09. The highest BCUT2D eigenvalue weighted by Gasteiger charge is 2.46. The smallest absolute Gasteiger partial charge is 0.370 e. The third kappa shape index (κ3) is 9.26. The molecular formula is C21H36N4O8. The van der Waals surface area contributed by atoms with E-state index in [1.54, 1.807) is 0 Å². The summed E-state index contributed by atoms with van der Waals surface area (Å²) in [5, 5.41) is 32.1. The number of carbonyl (C=O) groups excluding carboxylic acids is 2. The Morgan fingerprint density at radius 3 is 2.42 bits per heavy atom. The molecule has 0 aliphatic carbocycles. The average Bonchev–Trinajstić information content (AvgIpc) is 2.74. The first kappa shape index (κ1) is 28.2. The van der Waals surface area contributed by atoms with Crippen molar-refractivity contribution < 1.29 is 38.8 Å². The normalized spacial score (nSPS) is 21.7. The summed E-state index contributed by atoms with van der Waals surface area (Å²) in [5.41, 5.74) is 5.42. The lowest BCUT2D eigenvalue weighted by molar-refractivity contribution is -0.174. The number of nitrogens with two attached hydrogens (primary N) is 1. The first-order valence-electron chi connectivity index (χ1n) is 11.0. The summed E-state index contributed by atoms with van der Waals surface area (Å²) in [6.07, 6.45) is 2.49. The summed E-state index contributed by atoms with van der Waals surface area (Å²) < 4.78 is 16.4. The summed E-state index contributed by atoms with van der Waals surface area (Å²) in [5.74, 6) is -3.32. The Morgan fingerprint density at radius 1 is 1.24 bits per heavy atom. The molecule has 0 aromatic carbocycles. The van der Waals surface area contributed by atoms with E-state index in [4.69, 9.17) is 25.4 Å². The van der Waals surface area contributed by atoms with Gasteiger partial charge in [0.15, 0.2) is 18.2 Å². The van der Waals surface area contributed by atoms with E-state index in [9.17, 15) is 24.6 Å². The zero-order chi connectivity index (χ0) is 25.0. The number of amides is 1. The maximum absolute atomic E-state index is 12.3. The predicted molar refractivity (Wildman–Crippen MR) is 118 cm³/mol. The van der Waals surface area contributed by atoms with Crippen molar-refractivity contribution in [3.63, 3.8) is 0 Å². The summed E-state index contributed by atoms with van der Waals surface area (Å²) >= 11 is 0. The van der Waals surface area contributed by atoms with Gasteiger partial charge in [-0.3, -0.25) is 15.0 Å². The second-order valence-electron chi connectivity index (χ2n) is 7.80. The maximum Gasteiger partial charge on any atom is 0.370 e. The molecule has 12 heteroatoms. The molecule has 1 aliphatic heterocycles. The number of carboxylic acids is 1. The first-order chi connectivity index (χ1) is 15.6. The van der Waals surface area contributed by atoms with Gasteiger partial charge in [-0.15, -0.1) is 0 Å². The van der Waals surface area contributed by atoms with Gasteiger partial charge in [0.25, 0.3) is 0 Å². The predicted octanol–water partition coefficient (Wildman–Crippen LogP) is -0.0103. The molecule has 1 rings (SSSR count). The molecule has 0 fully saturated rings. The highest BCUT2D eigenvalue weighted by Crippen LogP contribution is 2.26. The van der Waals surface area contributed by atoms with Gasteiger partial charge in [0.1, 0.15) is 6.10 Å². The molecule has 0 saturated heterocycles. The molecule has 12 nitrogen and oxygen atoms in total. The molecule has 1 heterocycles. The number of esters is 1. The quantitative estimate of drug-likeness (QED) is 0.0866. The Morgan fingerprint density at radius 2 is 1.91 bits per heavy atom. The number of hydrogen-bond donors (Lipinski definition) is 6. The molecular weight excluding hydrogens is 436 g/mol. The Labute approximate surface area is 193 Å². The van der Waals surface area contributed by atoms with Crippen LogP contribution in [0.5, 0.6) is 0 Å². The SMILES string of the molecule is CCCCCCCC(=O)O[C@H](CO)[C@H](OC)[C@@H]1OC(C(=O)O)=C[C@H](NC(=N)N)[C@H]1NC(C)=O. The highest BCUT2D eigenvalue weighted by atomic mass is 16.6. The molecule has 0 aromatic rings. The first-order valence-corrected chi connectivity index (χ1v) is 11.0. The van der Waals surface area contributed by atoms with Crippen molar-refractivity contribution in [3.8, 4) is 0 Å². The van der Waals surface area contributed by atoms with E-state index < -0.39 is 66.6 Å². The lowest BCUT2D eigenvalue weighted by Crippen LogP contribution is -2.64. The molecule has 0 radical (unpaired) electrons. The average molecular weight is 473 g/mol. The number of ether oxygens (including phenoxy) is 3. The number of nitrogens with one attached hydrogen (secondary N) is 3. The van der Waals surface area contributed by atoms with Gasteiger partial charge in [0.05, 0.1) is 18.7 Å². The minimum Gasteiger partial charge on any atom is -0.478 e. The van der Waals surface area contributed by atoms with Gasteiger partial charge >= 0.3 is 11.9 Å². The summed E-state index contributed by atoms with van der Waals surface area (Å²) in [6.45, 7) is 2.72. The standard InChI is InChI=1S/C21H36N4O8/c1-4-5-6-7-8-9-16(28)32-15(11-26)18(31-3)19-17(24-12(2)27)13(25-21(22)23)10-14(33-19)20(29)30/h10,13,15,17-19,26H,4-9,11H2,1-3H3,(H,24,27)(H,29,30)(H4,22,23,25)/t13-,15+,17+,18-,19+/m0/s1. The van der Waals surface area contributed by atoms with Crippen molar-refractivity contribution in [1.82, 2.24) is 10.6 Å². The molecule has 5 atom stereocenters. The fraction of sp³-hybridized carbons (Fsp3) is 0.714. The summed E-state index contributed by atoms with van der Waals surface area (Å²) in [4.78, 5) is 35.8. The molecule has 1 aliphatic rings. The van der Waals surface area contributed by atoms with Gasteiger partial charge in [0.2, 0.25) is 11.7 Å². The van der Waals surface area contributed by atoms with Gasteiger partial charge in [0, 0.05) is 20.5 Å². The highest BCUT2D eigenvalue weighted by molar-refractivity contribution is 5.85. The van der Waals surface area contributed by atoms with Crippen LogP contribution in [-0.4, -0.2) is 78.1 Å². The molecule has 188 valence electrons. The largest absolute Gasteiger partial charge is 0.478 e. The van der Waals surface area contributed by atoms with Crippen molar-refractivity contribution in [2.75, 3.05) is 13.7 Å². The van der Waals surface area contributed by atoms with Gasteiger partial charge < -0.3 is 40.8 Å². The zero-order valence-electron chi connectivity index (χ0n) is 19.3. The Hall–Kier alpha value is -2.86. The van der Waals surface area contributed by atoms with Crippen LogP contribution >= 0.6 is 0 Å². The van der Waals surface area contributed by atoms with Crippen molar-refractivity contribution >= 4 is 23.8 Å². The van der Waals surface area contributed by atoms with Crippen LogP contribution in [-0.2, 0) is 28.6 Å². The van der Waals surface area contributed by atoms with E-state index in [1.165, 1.54) is 20.1 Å². The van der Waals surface area contributed by atoms with E-state index in [0.717, 1.165) is 25.7 Å². The lowest BCUT2D eigenvalue weighted by atomic mass is 9.91. The van der Waals surface area contributed by atoms with Crippen molar-refractivity contribution in [2.45, 2.75) is 82.8 Å². The second kappa shape index (κ2) is 14.3. The summed E-state index contributed by atoms with van der Waals surface area (Å²) in [7, 11) is 1.28. The monoisotopic (exact) mass is 472 g/mol. The molecule has 33 heavy (non-hydrogen) atoms. The van der Waals surface area contributed by atoms with Crippen LogP contribution in [0.25, 0.3) is 0 Å². The number of hydrogen-bond acceptors (Lipinski definition) is 8. The maximum atomic E-state index is 12.3. The van der Waals surface area contributed by atoms with Gasteiger partial charge in [-0.2, -0.15) is 0 Å². The number of aliphatic hydroxyl groups excluding tert-OH is 1. The molecule has 0 saturated carbocycles. The van der Waals surface area contributed by atoms with Crippen molar-refractivity contribution in [1.29, 1.82) is 5.41 Å². The van der Waals surface area contributed by atoms with E-state index >= 15 is 0 Å². The molecule has 0 spiro atoms. The van der Waals surface area contributed by atoms with E-state index in [-0.39, 0.29) is 6.42 Å². The molecule has 0 unspecified atom stereocenters. The number of unbranched alkanes of at least 4 members (excludes halogenated alkanes) is 4. The van der Waals surface area contributed by atoms with Crippen molar-refractivity contribution in [3.05, 3.63) is 11.8 Å². The number of carbonyl (C=O) groups is 3. The number of guanidine groups is 1. The van der Waals surface area contributed by atoms with Crippen LogP contribution in [0.3, 0.4) is 0 Å². The van der Waals surface area contributed by atoms with E-state index in [0.29, 0.717) is 6.42 Å². The molecule has 7 N–H and O–H groups in total. The molecule has 1 amide bonds.